The van der Waals surface area contributed by atoms with Gasteiger partial charge >= 0.3 is 0 Å². The second-order valence-electron chi connectivity index (χ2n) is 17.1. The Morgan fingerprint density at radius 1 is 0.855 bits per heavy atom. The number of anilines is 2. The minimum atomic E-state index is -0.852. The van der Waals surface area contributed by atoms with E-state index in [-0.39, 0.29) is 43.3 Å². The van der Waals surface area contributed by atoms with Crippen LogP contribution in [0.1, 0.15) is 44.9 Å². The van der Waals surface area contributed by atoms with Crippen molar-refractivity contribution in [2.75, 3.05) is 91.6 Å². The molecule has 1 saturated heterocycles. The first-order chi connectivity index (χ1) is 33.3. The van der Waals surface area contributed by atoms with Crippen LogP contribution in [-0.2, 0) is 44.6 Å². The zero-order chi connectivity index (χ0) is 49.2. The third-order valence-corrected chi connectivity index (χ3v) is 12.3. The van der Waals surface area contributed by atoms with Crippen LogP contribution in [0.25, 0.3) is 21.3 Å². The van der Waals surface area contributed by atoms with E-state index in [9.17, 15) is 18.8 Å². The minimum absolute atomic E-state index is 0.00972. The summed E-state index contributed by atoms with van der Waals surface area (Å²) in [5.41, 5.74) is 5.41. The van der Waals surface area contributed by atoms with Crippen LogP contribution >= 0.6 is 22.9 Å². The SMILES string of the molecule is COc1cc2ncnc(Nc3ccc(F)c(Cl)c3)c2cc1OCCOCCOCCOCCOCCOCC(=O)NC(C(=O)N1CCCC1C(=O)NCc1ccc(-c2scnc2C)cc1)C(C)(C)C. The number of hydrogen-bond donors (Lipinski definition) is 3. The number of methoxy groups -OCH3 is 1. The Bertz CT molecular complexity index is 2460. The fourth-order valence-corrected chi connectivity index (χ4v) is 8.37. The number of amides is 3. The molecule has 3 amide bonds. The van der Waals surface area contributed by atoms with Gasteiger partial charge in [0.25, 0.3) is 0 Å². The van der Waals surface area contributed by atoms with E-state index in [0.29, 0.717) is 106 Å². The quantitative estimate of drug-likeness (QED) is 0.0460. The lowest BCUT2D eigenvalue weighted by Crippen LogP contribution is -2.58. The van der Waals surface area contributed by atoms with Crippen LogP contribution in [0.5, 0.6) is 11.5 Å². The van der Waals surface area contributed by atoms with E-state index in [1.807, 2.05) is 57.5 Å². The van der Waals surface area contributed by atoms with Gasteiger partial charge < -0.3 is 54.0 Å². The van der Waals surface area contributed by atoms with Crippen LogP contribution in [0.3, 0.4) is 0 Å². The van der Waals surface area contributed by atoms with E-state index in [1.165, 1.54) is 18.5 Å². The standard InChI is InChI=1S/C49H61ClFN7O10S/c1-32-44(69-31-55-32)34-10-8-33(9-11-34)28-52-47(60)40-7-6-14-58(40)48(61)45(49(2,3)4)57-43(59)29-67-22-21-65-18-17-63-15-16-64-19-20-66-23-24-68-42-26-36-39(27-41(42)62-5)53-30-54-46(36)56-35-12-13-38(51)37(50)25-35/h8-13,25-27,30-31,40,45H,6-7,14-24,28-29H2,1-5H3,(H,52,60)(H,57,59)(H,53,54,56). The minimum Gasteiger partial charge on any atom is -0.493 e. The Balaban J connectivity index is 0.783. The molecule has 0 spiro atoms. The number of rotatable bonds is 27. The van der Waals surface area contributed by atoms with Gasteiger partial charge in [0.2, 0.25) is 17.7 Å². The lowest BCUT2D eigenvalue weighted by atomic mass is 9.85. The zero-order valence-corrected chi connectivity index (χ0v) is 41.2. The summed E-state index contributed by atoms with van der Waals surface area (Å²) in [5, 5.41) is 9.66. The van der Waals surface area contributed by atoms with Gasteiger partial charge in [-0.05, 0) is 60.6 Å². The van der Waals surface area contributed by atoms with Gasteiger partial charge in [0.1, 0.15) is 43.3 Å². The molecule has 1 fully saturated rings. The molecule has 3 N–H and O–H groups in total. The van der Waals surface area contributed by atoms with Crippen molar-refractivity contribution < 1.29 is 51.9 Å². The average molecular weight is 995 g/mol. The molecule has 69 heavy (non-hydrogen) atoms. The molecule has 20 heteroatoms. The van der Waals surface area contributed by atoms with Crippen LogP contribution in [0.4, 0.5) is 15.9 Å². The number of ether oxygens (including phenoxy) is 7. The predicted molar refractivity (Wildman–Crippen MR) is 261 cm³/mol. The number of likely N-dealkylation sites (tertiary alicyclic amines) is 1. The van der Waals surface area contributed by atoms with E-state index in [2.05, 4.69) is 30.9 Å². The van der Waals surface area contributed by atoms with Crippen LogP contribution in [0.2, 0.25) is 5.02 Å². The molecule has 2 unspecified atom stereocenters. The van der Waals surface area contributed by atoms with Gasteiger partial charge in [-0.1, -0.05) is 56.6 Å². The smallest absolute Gasteiger partial charge is 0.246 e. The summed E-state index contributed by atoms with van der Waals surface area (Å²) in [5.74, 6) is 0.00221. The summed E-state index contributed by atoms with van der Waals surface area (Å²) in [6.07, 6.45) is 2.65. The van der Waals surface area contributed by atoms with Crippen LogP contribution < -0.4 is 25.4 Å². The number of fused-ring (bicyclic) bond motifs is 1. The highest BCUT2D eigenvalue weighted by Crippen LogP contribution is 2.35. The maximum atomic E-state index is 13.9. The molecule has 1 aliphatic rings. The average Bonchev–Trinajstić information content (AvgIpc) is 4.01. The summed E-state index contributed by atoms with van der Waals surface area (Å²) in [4.78, 5) is 55.9. The van der Waals surface area contributed by atoms with Crippen molar-refractivity contribution in [3.63, 3.8) is 0 Å². The van der Waals surface area contributed by atoms with Crippen molar-refractivity contribution in [1.29, 1.82) is 0 Å². The number of halogens is 2. The molecule has 0 aliphatic carbocycles. The van der Waals surface area contributed by atoms with Gasteiger partial charge in [-0.15, -0.1) is 11.3 Å². The lowest BCUT2D eigenvalue weighted by Gasteiger charge is -2.35. The monoisotopic (exact) mass is 993 g/mol. The van der Waals surface area contributed by atoms with Crippen LogP contribution in [0.15, 0.2) is 66.4 Å². The first-order valence-electron chi connectivity index (χ1n) is 22.8. The second-order valence-corrected chi connectivity index (χ2v) is 18.3. The summed E-state index contributed by atoms with van der Waals surface area (Å²) >= 11 is 7.54. The number of carbonyl (C=O) groups excluding carboxylic acids is 3. The van der Waals surface area contributed by atoms with E-state index in [4.69, 9.17) is 44.8 Å². The first-order valence-corrected chi connectivity index (χ1v) is 24.0. The highest BCUT2D eigenvalue weighted by molar-refractivity contribution is 7.13. The third kappa shape index (κ3) is 15.7. The highest BCUT2D eigenvalue weighted by Gasteiger charge is 2.41. The Hall–Kier alpha value is -5.54. The molecule has 2 atom stereocenters. The van der Waals surface area contributed by atoms with Gasteiger partial charge in [-0.25, -0.2) is 19.3 Å². The van der Waals surface area contributed by atoms with Crippen molar-refractivity contribution in [2.45, 2.75) is 59.2 Å². The van der Waals surface area contributed by atoms with E-state index in [0.717, 1.165) is 21.7 Å². The number of nitrogens with one attached hydrogen (secondary N) is 3. The lowest BCUT2D eigenvalue weighted by molar-refractivity contribution is -0.144. The van der Waals surface area contributed by atoms with Gasteiger partial charge in [-0.3, -0.25) is 14.4 Å². The maximum Gasteiger partial charge on any atom is 0.246 e. The third-order valence-electron chi connectivity index (χ3n) is 11.0. The molecule has 372 valence electrons. The molecule has 6 rings (SSSR count). The number of carbonyl (C=O) groups is 3. The molecule has 0 bridgehead atoms. The van der Waals surface area contributed by atoms with Crippen LogP contribution in [0, 0.1) is 18.2 Å². The van der Waals surface area contributed by atoms with E-state index < -0.39 is 29.2 Å². The van der Waals surface area contributed by atoms with Crippen molar-refractivity contribution in [3.05, 3.63) is 88.5 Å². The number of aryl methyl sites for hydroxylation is 1. The molecule has 17 nitrogen and oxygen atoms in total. The fraction of sp³-hybridized carbons (Fsp3) is 0.469. The summed E-state index contributed by atoms with van der Waals surface area (Å²) < 4.78 is 53.0. The summed E-state index contributed by atoms with van der Waals surface area (Å²) in [6.45, 7) is 11.3. The normalized spacial score (nSPS) is 14.2. The largest absolute Gasteiger partial charge is 0.493 e. The molecule has 3 heterocycles. The Morgan fingerprint density at radius 2 is 1.52 bits per heavy atom. The Kier molecular flexibility index (Phi) is 20.2. The predicted octanol–water partition coefficient (Wildman–Crippen LogP) is 6.91. The number of nitrogens with zero attached hydrogens (tertiary/aromatic N) is 4. The van der Waals surface area contributed by atoms with Crippen LogP contribution in [-0.4, -0.2) is 136 Å². The van der Waals surface area contributed by atoms with E-state index >= 15 is 0 Å². The molecule has 0 saturated carbocycles. The molecular weight excluding hydrogens is 933 g/mol. The summed E-state index contributed by atoms with van der Waals surface area (Å²) in [7, 11) is 1.54. The Labute approximate surface area is 410 Å². The van der Waals surface area contributed by atoms with Crippen molar-refractivity contribution in [2.24, 2.45) is 5.41 Å². The van der Waals surface area contributed by atoms with Gasteiger partial charge in [0, 0.05) is 30.2 Å². The van der Waals surface area contributed by atoms with Gasteiger partial charge in [-0.2, -0.15) is 0 Å². The number of aromatic nitrogens is 3. The number of benzene rings is 3. The molecular formula is C49H61ClFN7O10S. The molecule has 0 radical (unpaired) electrons. The fourth-order valence-electron chi connectivity index (χ4n) is 7.38. The first kappa shape index (κ1) is 52.8. The summed E-state index contributed by atoms with van der Waals surface area (Å²) in [6, 6.07) is 14.4. The number of thiazole rings is 1. The van der Waals surface area contributed by atoms with E-state index in [1.54, 1.807) is 41.5 Å². The molecule has 2 aromatic heterocycles. The molecule has 3 aromatic carbocycles. The zero-order valence-electron chi connectivity index (χ0n) is 39.6. The second kappa shape index (κ2) is 26.4. The highest BCUT2D eigenvalue weighted by atomic mass is 35.5. The van der Waals surface area contributed by atoms with Crippen molar-refractivity contribution >= 4 is 63.1 Å². The Morgan fingerprint density at radius 3 is 2.14 bits per heavy atom. The molecule has 1 aliphatic heterocycles. The van der Waals surface area contributed by atoms with Gasteiger partial charge in [0.05, 0.1) is 93.2 Å². The molecule has 5 aromatic rings. The number of hydrogen-bond acceptors (Lipinski definition) is 15. The van der Waals surface area contributed by atoms with Crippen molar-refractivity contribution in [3.8, 4) is 21.9 Å². The van der Waals surface area contributed by atoms with Crippen molar-refractivity contribution in [1.82, 2.24) is 30.5 Å². The van der Waals surface area contributed by atoms with Gasteiger partial charge in [0.15, 0.2) is 11.5 Å². The maximum absolute atomic E-state index is 13.9. The topological polar surface area (TPSA) is 194 Å².